The molecule has 2 heterocycles. The largest absolute Gasteiger partial charge is 0.394 e. The summed E-state index contributed by atoms with van der Waals surface area (Å²) < 4.78 is 0. The molecule has 1 aromatic heterocycles. The minimum absolute atomic E-state index is 0.00478. The van der Waals surface area contributed by atoms with Crippen LogP contribution in [0.15, 0.2) is 70.8 Å². The number of rotatable bonds is 17. The number of carbonyl (C=O) groups is 9. The fourth-order valence-corrected chi connectivity index (χ4v) is 7.86. The van der Waals surface area contributed by atoms with Crippen LogP contribution in [0.4, 0.5) is 0 Å². The molecule has 73 heavy (non-hydrogen) atoms. The van der Waals surface area contributed by atoms with E-state index in [2.05, 4.69) is 57.5 Å². The Morgan fingerprint density at radius 1 is 0.712 bits per heavy atom. The van der Waals surface area contributed by atoms with Gasteiger partial charge < -0.3 is 81.3 Å². The maximum Gasteiger partial charge on any atom is 0.245 e. The number of nitrogens with zero attached hydrogens (tertiary/aromatic N) is 2. The monoisotopic (exact) mass is 1020 g/mol. The molecule has 3 aromatic rings. The molecule has 0 aliphatic carbocycles. The number of para-hydroxylation sites is 1. The van der Waals surface area contributed by atoms with E-state index >= 15 is 0 Å². The highest BCUT2D eigenvalue weighted by Crippen LogP contribution is 2.20. The number of benzene rings is 2. The van der Waals surface area contributed by atoms with Crippen LogP contribution in [0.3, 0.4) is 0 Å². The number of hydrogen-bond acceptors (Lipinski definition) is 12. The van der Waals surface area contributed by atoms with Crippen molar-refractivity contribution < 1.29 is 48.3 Å². The van der Waals surface area contributed by atoms with Gasteiger partial charge in [0.1, 0.15) is 42.3 Å². The summed E-state index contributed by atoms with van der Waals surface area (Å²) in [5.41, 5.74) is 29.6. The van der Waals surface area contributed by atoms with Gasteiger partial charge in [0, 0.05) is 56.5 Å². The van der Waals surface area contributed by atoms with Gasteiger partial charge in [0.25, 0.3) is 0 Å². The summed E-state index contributed by atoms with van der Waals surface area (Å²) >= 11 is 0. The molecule has 26 nitrogen and oxygen atoms in total. The molecular formula is C47H68N16O10. The van der Waals surface area contributed by atoms with Crippen molar-refractivity contribution >= 4 is 76.0 Å². The fourth-order valence-electron chi connectivity index (χ4n) is 7.86. The van der Waals surface area contributed by atoms with Crippen LogP contribution in [0, 0.1) is 0 Å². The van der Waals surface area contributed by atoms with Crippen LogP contribution in [0.2, 0.25) is 0 Å². The number of fused-ring (bicyclic) bond motifs is 1. The molecule has 9 amide bonds. The first-order valence-corrected chi connectivity index (χ1v) is 23.8. The normalized spacial score (nSPS) is 21.3. The zero-order valence-electron chi connectivity index (χ0n) is 40.6. The molecule has 4 rings (SSSR count). The van der Waals surface area contributed by atoms with Crippen LogP contribution in [-0.2, 0) is 56.0 Å². The van der Waals surface area contributed by atoms with Crippen molar-refractivity contribution in [3.8, 4) is 0 Å². The van der Waals surface area contributed by atoms with E-state index in [-0.39, 0.29) is 89.3 Å². The van der Waals surface area contributed by atoms with Gasteiger partial charge >= 0.3 is 0 Å². The topological polar surface area (TPSA) is 441 Å². The lowest BCUT2D eigenvalue weighted by Gasteiger charge is -2.27. The Kier molecular flexibility index (Phi) is 22.9. The van der Waals surface area contributed by atoms with Crippen molar-refractivity contribution in [3.63, 3.8) is 0 Å². The number of nitrogens with one attached hydrogen (secondary N) is 9. The Balaban J connectivity index is 1.74. The molecule has 0 bridgehead atoms. The van der Waals surface area contributed by atoms with Crippen molar-refractivity contribution in [2.45, 2.75) is 113 Å². The SMILES string of the molecule is CC(=O)N[C@@H](CCCN=C(N)N)C(=O)NC1CC(=O)NCCCCC(C(N)=O)NC(=O)[C@H](Cc2c[nH]c3ccccc23)NC(=O)[C@H](CCCN=C(N)N)NC(=O)C(Cc2ccccc2)NC(=O)[C@H](CO)NC1=O. The zero-order chi connectivity index (χ0) is 53.5. The highest BCUT2D eigenvalue weighted by atomic mass is 16.3. The van der Waals surface area contributed by atoms with E-state index < -0.39 is 108 Å². The average molecular weight is 1020 g/mol. The number of aliphatic hydroxyl groups excluding tert-OH is 1. The highest BCUT2D eigenvalue weighted by Gasteiger charge is 2.35. The third kappa shape index (κ3) is 19.4. The molecule has 7 atom stereocenters. The maximum absolute atomic E-state index is 14.5. The quantitative estimate of drug-likeness (QED) is 0.0346. The molecule has 0 saturated carbocycles. The number of aliphatic hydroxyl groups is 1. The lowest BCUT2D eigenvalue weighted by atomic mass is 10.0. The Labute approximate surface area is 421 Å². The summed E-state index contributed by atoms with van der Waals surface area (Å²) in [6, 6.07) is 5.60. The van der Waals surface area contributed by atoms with Gasteiger partial charge in [-0.05, 0) is 62.1 Å². The van der Waals surface area contributed by atoms with Crippen LogP contribution in [0.1, 0.15) is 69.4 Å². The van der Waals surface area contributed by atoms with Gasteiger partial charge in [-0.2, -0.15) is 0 Å². The van der Waals surface area contributed by atoms with Crippen molar-refractivity contribution in [3.05, 3.63) is 71.9 Å². The summed E-state index contributed by atoms with van der Waals surface area (Å²) in [7, 11) is 0. The van der Waals surface area contributed by atoms with Crippen LogP contribution in [-0.4, -0.2) is 144 Å². The molecule has 26 heteroatoms. The molecule has 1 aliphatic heterocycles. The molecule has 396 valence electrons. The van der Waals surface area contributed by atoms with Crippen molar-refractivity contribution in [2.75, 3.05) is 26.2 Å². The van der Waals surface area contributed by atoms with Gasteiger partial charge in [0.05, 0.1) is 13.0 Å². The van der Waals surface area contributed by atoms with E-state index in [0.717, 1.165) is 10.9 Å². The summed E-state index contributed by atoms with van der Waals surface area (Å²) in [5, 5.41) is 31.8. The summed E-state index contributed by atoms with van der Waals surface area (Å²) in [6.07, 6.45) is 1.50. The number of aromatic nitrogens is 1. The third-order valence-corrected chi connectivity index (χ3v) is 11.6. The second-order valence-corrected chi connectivity index (χ2v) is 17.4. The zero-order valence-corrected chi connectivity index (χ0v) is 40.6. The Morgan fingerprint density at radius 3 is 1.96 bits per heavy atom. The number of hydrogen-bond donors (Lipinski definition) is 15. The number of aromatic amines is 1. The lowest BCUT2D eigenvalue weighted by molar-refractivity contribution is -0.136. The van der Waals surface area contributed by atoms with Gasteiger partial charge in [-0.3, -0.25) is 53.1 Å². The molecule has 1 aliphatic rings. The van der Waals surface area contributed by atoms with E-state index in [1.165, 1.54) is 6.92 Å². The Bertz CT molecular complexity index is 2460. The standard InChI is InChI=1S/C47H68N16O10/c1-26(65)57-32(16-9-19-54-46(49)50)40(68)62-36-23-38(66)53-18-8-7-15-31(39(48)67)58-43(71)35(22-28-24-56-30-14-6-5-13-29(28)30)61-41(69)33(17-10-20-55-47(51)52)59-42(70)34(21-27-11-3-2-4-12-27)60-45(73)37(25-64)63-44(36)72/h2-6,11-14,24,31-37,56,64H,7-10,15-23,25H2,1H3,(H2,48,67)(H,53,66)(H,57,65)(H,58,71)(H,59,70)(H,60,73)(H,61,69)(H,62,68)(H,63,72)(H4,49,50,54)(H4,51,52,55)/t31?,32-,33-,34?,35-,36?,37-/m0/s1. The summed E-state index contributed by atoms with van der Waals surface area (Å²) in [6.45, 7) is 0.283. The molecule has 20 N–H and O–H groups in total. The van der Waals surface area contributed by atoms with Gasteiger partial charge in [0.15, 0.2) is 11.9 Å². The van der Waals surface area contributed by atoms with Crippen molar-refractivity contribution in [2.24, 2.45) is 38.7 Å². The number of guanidine groups is 2. The van der Waals surface area contributed by atoms with Gasteiger partial charge in [0.2, 0.25) is 53.2 Å². The second-order valence-electron chi connectivity index (χ2n) is 17.4. The number of carbonyl (C=O) groups excluding carboxylic acids is 9. The molecule has 0 spiro atoms. The van der Waals surface area contributed by atoms with E-state index in [1.807, 2.05) is 18.2 Å². The first kappa shape index (κ1) is 57.3. The second kappa shape index (κ2) is 29.1. The third-order valence-electron chi connectivity index (χ3n) is 11.6. The number of H-pyrrole nitrogens is 1. The molecular weight excluding hydrogens is 949 g/mol. The molecule has 1 saturated heterocycles. The predicted octanol–water partition coefficient (Wildman–Crippen LogP) is -4.36. The van der Waals surface area contributed by atoms with Gasteiger partial charge in [-0.15, -0.1) is 0 Å². The van der Waals surface area contributed by atoms with E-state index in [9.17, 15) is 48.3 Å². The van der Waals surface area contributed by atoms with E-state index in [1.54, 1.807) is 42.6 Å². The molecule has 2 aromatic carbocycles. The average Bonchev–Trinajstić information content (AvgIpc) is 3.75. The minimum Gasteiger partial charge on any atom is -0.394 e. The van der Waals surface area contributed by atoms with E-state index in [4.69, 9.17) is 28.7 Å². The Morgan fingerprint density at radius 2 is 1.30 bits per heavy atom. The molecule has 1 fully saturated rings. The first-order valence-electron chi connectivity index (χ1n) is 23.8. The first-order chi connectivity index (χ1) is 34.8. The summed E-state index contributed by atoms with van der Waals surface area (Å²) in [4.78, 5) is 134. The maximum atomic E-state index is 14.5. The smallest absolute Gasteiger partial charge is 0.245 e. The lowest BCUT2D eigenvalue weighted by Crippen LogP contribution is -2.61. The Hall–Kier alpha value is -8.29. The van der Waals surface area contributed by atoms with Crippen molar-refractivity contribution in [1.82, 2.24) is 47.5 Å². The number of amides is 9. The van der Waals surface area contributed by atoms with E-state index in [0.29, 0.717) is 11.1 Å². The van der Waals surface area contributed by atoms with Gasteiger partial charge in [-0.1, -0.05) is 48.5 Å². The number of primary amides is 1. The predicted molar refractivity (Wildman–Crippen MR) is 269 cm³/mol. The van der Waals surface area contributed by atoms with Crippen molar-refractivity contribution in [1.29, 1.82) is 0 Å². The summed E-state index contributed by atoms with van der Waals surface area (Å²) in [5.74, 6) is -8.15. The number of aliphatic imine (C=N–C) groups is 2. The van der Waals surface area contributed by atoms with Crippen LogP contribution < -0.4 is 71.2 Å². The van der Waals surface area contributed by atoms with Crippen LogP contribution in [0.5, 0.6) is 0 Å². The highest BCUT2D eigenvalue weighted by molar-refractivity contribution is 5.99. The molecule has 0 radical (unpaired) electrons. The fraction of sp³-hybridized carbons (Fsp3) is 0.468. The van der Waals surface area contributed by atoms with Crippen LogP contribution >= 0.6 is 0 Å². The van der Waals surface area contributed by atoms with Crippen LogP contribution in [0.25, 0.3) is 10.9 Å². The number of nitrogens with two attached hydrogens (primary N) is 5. The molecule has 3 unspecified atom stereocenters. The minimum atomic E-state index is -1.77. The van der Waals surface area contributed by atoms with Gasteiger partial charge in [-0.25, -0.2) is 0 Å².